The number of ether oxygens (including phenoxy) is 1. The van der Waals surface area contributed by atoms with Crippen molar-refractivity contribution >= 4 is 21.9 Å². The molecule has 29 heavy (non-hydrogen) atoms. The van der Waals surface area contributed by atoms with E-state index < -0.39 is 35.0 Å². The maximum absolute atomic E-state index is 12.3. The molecule has 9 nitrogen and oxygen atoms in total. The second-order valence-corrected chi connectivity index (χ2v) is 6.11. The van der Waals surface area contributed by atoms with Crippen molar-refractivity contribution in [3.63, 3.8) is 0 Å². The van der Waals surface area contributed by atoms with Gasteiger partial charge in [-0.1, -0.05) is 24.3 Å². The van der Waals surface area contributed by atoms with Crippen LogP contribution in [0, 0.1) is 0 Å². The number of rotatable bonds is 4. The fraction of sp³-hybridized carbons (Fsp3) is 0.100. The molecule has 0 aliphatic rings. The van der Waals surface area contributed by atoms with Gasteiger partial charge in [-0.25, -0.2) is 9.59 Å². The summed E-state index contributed by atoms with van der Waals surface area (Å²) < 4.78 is 16.0. The molecule has 0 saturated carbocycles. The molecule has 0 fully saturated rings. The summed E-state index contributed by atoms with van der Waals surface area (Å²) in [5.74, 6) is -0.603. The van der Waals surface area contributed by atoms with Gasteiger partial charge >= 0.3 is 11.3 Å². The Balaban J connectivity index is 2.10. The minimum absolute atomic E-state index is 0.0928. The number of aliphatic hydroxyl groups excluding tert-OH is 2. The van der Waals surface area contributed by atoms with Gasteiger partial charge in [-0.15, -0.1) is 0 Å². The molecule has 4 aromatic rings. The Hall–Kier alpha value is -3.50. The van der Waals surface area contributed by atoms with E-state index in [1.54, 1.807) is 24.3 Å². The van der Waals surface area contributed by atoms with Crippen LogP contribution in [0.15, 0.2) is 67.0 Å². The molecular weight excluding hydrogens is 384 g/mol. The van der Waals surface area contributed by atoms with Crippen LogP contribution in [0.3, 0.4) is 0 Å². The number of hydrogen-bond donors (Lipinski definition) is 4. The van der Waals surface area contributed by atoms with Crippen molar-refractivity contribution in [3.8, 4) is 11.5 Å². The SMILES string of the molecule is O=c1oc2ccccc2c(Oc2c(C(O)O)c(=O)oc3ccccc23)c1C(O)O. The van der Waals surface area contributed by atoms with Crippen LogP contribution in [-0.4, -0.2) is 20.4 Å². The zero-order chi connectivity index (χ0) is 20.7. The van der Waals surface area contributed by atoms with Gasteiger partial charge in [0, 0.05) is 0 Å². The Bertz CT molecular complexity index is 1230. The molecule has 148 valence electrons. The Labute approximate surface area is 161 Å². The van der Waals surface area contributed by atoms with E-state index in [1.807, 2.05) is 0 Å². The van der Waals surface area contributed by atoms with E-state index in [4.69, 9.17) is 13.6 Å². The summed E-state index contributed by atoms with van der Waals surface area (Å²) >= 11 is 0. The predicted molar refractivity (Wildman–Crippen MR) is 99.4 cm³/mol. The third-order valence-corrected chi connectivity index (χ3v) is 4.32. The summed E-state index contributed by atoms with van der Waals surface area (Å²) in [5.41, 5.74) is -3.16. The minimum atomic E-state index is -2.25. The smallest absolute Gasteiger partial charge is 0.348 e. The molecule has 2 aromatic carbocycles. The van der Waals surface area contributed by atoms with Gasteiger partial charge in [0.05, 0.1) is 10.8 Å². The van der Waals surface area contributed by atoms with E-state index in [0.717, 1.165) is 0 Å². The predicted octanol–water partition coefficient (Wildman–Crippen LogP) is 1.66. The second-order valence-electron chi connectivity index (χ2n) is 6.11. The number of para-hydroxylation sites is 2. The molecule has 4 rings (SSSR count). The summed E-state index contributed by atoms with van der Waals surface area (Å²) in [5, 5.41) is 39.2. The van der Waals surface area contributed by atoms with E-state index in [9.17, 15) is 30.0 Å². The van der Waals surface area contributed by atoms with Gasteiger partial charge in [0.1, 0.15) is 22.3 Å². The van der Waals surface area contributed by atoms with Crippen LogP contribution in [0.5, 0.6) is 11.5 Å². The Morgan fingerprint density at radius 1 is 0.655 bits per heavy atom. The van der Waals surface area contributed by atoms with Crippen LogP contribution in [0.1, 0.15) is 23.7 Å². The highest BCUT2D eigenvalue weighted by atomic mass is 16.5. The van der Waals surface area contributed by atoms with Gasteiger partial charge < -0.3 is 34.0 Å². The van der Waals surface area contributed by atoms with Crippen molar-refractivity contribution in [2.24, 2.45) is 0 Å². The molecule has 0 unspecified atom stereocenters. The van der Waals surface area contributed by atoms with Crippen molar-refractivity contribution in [1.82, 2.24) is 0 Å². The normalized spacial score (nSPS) is 11.7. The standard InChI is InChI=1S/C20H14O9/c21-17(22)13-15(9-5-1-3-7-11(9)27-19(13)25)29-16-10-6-2-4-8-12(10)28-20(26)14(16)18(23)24/h1-8,17-18,21-24H. The number of fused-ring (bicyclic) bond motifs is 2. The van der Waals surface area contributed by atoms with E-state index in [1.165, 1.54) is 24.3 Å². The molecule has 0 atom stereocenters. The maximum Gasteiger partial charge on any atom is 0.348 e. The Kier molecular flexibility index (Phi) is 4.65. The molecule has 0 radical (unpaired) electrons. The van der Waals surface area contributed by atoms with Crippen LogP contribution in [0.25, 0.3) is 21.9 Å². The van der Waals surface area contributed by atoms with Gasteiger partial charge in [-0.2, -0.15) is 0 Å². The highest BCUT2D eigenvalue weighted by Crippen LogP contribution is 2.39. The minimum Gasteiger partial charge on any atom is -0.454 e. The van der Waals surface area contributed by atoms with Crippen molar-refractivity contribution in [3.05, 3.63) is 80.5 Å². The van der Waals surface area contributed by atoms with Crippen LogP contribution in [-0.2, 0) is 0 Å². The van der Waals surface area contributed by atoms with Gasteiger partial charge in [0.15, 0.2) is 24.1 Å². The van der Waals surface area contributed by atoms with Crippen LogP contribution >= 0.6 is 0 Å². The summed E-state index contributed by atoms with van der Waals surface area (Å²) in [6.45, 7) is 0. The van der Waals surface area contributed by atoms with Gasteiger partial charge in [0.2, 0.25) is 0 Å². The molecular formula is C20H14O9. The summed E-state index contributed by atoms with van der Waals surface area (Å²) in [6.07, 6.45) is -4.50. The zero-order valence-electron chi connectivity index (χ0n) is 14.6. The topological polar surface area (TPSA) is 151 Å². The molecule has 0 aliphatic carbocycles. The average molecular weight is 398 g/mol. The van der Waals surface area contributed by atoms with Crippen LogP contribution < -0.4 is 16.0 Å². The van der Waals surface area contributed by atoms with Crippen LogP contribution in [0.4, 0.5) is 0 Å². The van der Waals surface area contributed by atoms with E-state index in [-0.39, 0.29) is 33.4 Å². The summed E-state index contributed by atoms with van der Waals surface area (Å²) in [4.78, 5) is 24.6. The molecule has 0 amide bonds. The lowest BCUT2D eigenvalue weighted by atomic mass is 10.1. The largest absolute Gasteiger partial charge is 0.454 e. The molecule has 0 aliphatic heterocycles. The Morgan fingerprint density at radius 2 is 1.03 bits per heavy atom. The van der Waals surface area contributed by atoms with E-state index in [0.29, 0.717) is 0 Å². The van der Waals surface area contributed by atoms with Gasteiger partial charge in [-0.05, 0) is 24.3 Å². The highest BCUT2D eigenvalue weighted by Gasteiger charge is 2.27. The first-order chi connectivity index (χ1) is 13.9. The van der Waals surface area contributed by atoms with E-state index >= 15 is 0 Å². The lowest BCUT2D eigenvalue weighted by Crippen LogP contribution is -2.17. The van der Waals surface area contributed by atoms with Gasteiger partial charge in [0.25, 0.3) is 0 Å². The van der Waals surface area contributed by atoms with Crippen LogP contribution in [0.2, 0.25) is 0 Å². The molecule has 4 N–H and O–H groups in total. The first-order valence-electron chi connectivity index (χ1n) is 8.40. The monoisotopic (exact) mass is 398 g/mol. The van der Waals surface area contributed by atoms with Gasteiger partial charge in [-0.3, -0.25) is 0 Å². The maximum atomic E-state index is 12.3. The molecule has 0 bridgehead atoms. The zero-order valence-corrected chi connectivity index (χ0v) is 14.6. The lowest BCUT2D eigenvalue weighted by Gasteiger charge is -2.17. The fourth-order valence-electron chi connectivity index (χ4n) is 3.04. The molecule has 2 aromatic heterocycles. The number of hydrogen-bond acceptors (Lipinski definition) is 9. The second kappa shape index (κ2) is 7.15. The van der Waals surface area contributed by atoms with Crippen molar-refractivity contribution in [1.29, 1.82) is 0 Å². The molecule has 0 saturated heterocycles. The molecule has 9 heteroatoms. The quantitative estimate of drug-likeness (QED) is 0.297. The van der Waals surface area contributed by atoms with E-state index in [2.05, 4.69) is 0 Å². The summed E-state index contributed by atoms with van der Waals surface area (Å²) in [6, 6.07) is 12.3. The van der Waals surface area contributed by atoms with Crippen molar-refractivity contribution in [2.75, 3.05) is 0 Å². The third-order valence-electron chi connectivity index (χ3n) is 4.32. The fourth-order valence-corrected chi connectivity index (χ4v) is 3.04. The number of aliphatic hydroxyl groups is 4. The highest BCUT2D eigenvalue weighted by molar-refractivity contribution is 5.88. The van der Waals surface area contributed by atoms with Crippen molar-refractivity contribution < 1.29 is 34.0 Å². The van der Waals surface area contributed by atoms with Crippen molar-refractivity contribution in [2.45, 2.75) is 12.6 Å². The third kappa shape index (κ3) is 3.18. The molecule has 0 spiro atoms. The Morgan fingerprint density at radius 3 is 1.41 bits per heavy atom. The lowest BCUT2D eigenvalue weighted by molar-refractivity contribution is -0.0471. The first-order valence-corrected chi connectivity index (χ1v) is 8.40. The number of benzene rings is 2. The first kappa shape index (κ1) is 18.8. The summed E-state index contributed by atoms with van der Waals surface area (Å²) in [7, 11) is 0. The average Bonchev–Trinajstić information content (AvgIpc) is 2.67. The molecule has 2 heterocycles.